The van der Waals surface area contributed by atoms with Gasteiger partial charge in [-0.25, -0.2) is 9.59 Å². The van der Waals surface area contributed by atoms with Gasteiger partial charge >= 0.3 is 11.9 Å². The van der Waals surface area contributed by atoms with E-state index in [-0.39, 0.29) is 43.9 Å². The summed E-state index contributed by atoms with van der Waals surface area (Å²) in [5.41, 5.74) is 0. The van der Waals surface area contributed by atoms with Crippen molar-refractivity contribution in [1.29, 1.82) is 0 Å². The minimum Gasteiger partial charge on any atom is -0.460 e. The zero-order valence-electron chi connectivity index (χ0n) is 45.1. The van der Waals surface area contributed by atoms with E-state index in [0.717, 1.165) is 6.08 Å². The molecule has 4 aliphatic heterocycles. The minimum absolute atomic E-state index is 0.0220. The fraction of sp³-hybridized carbons (Fsp3) is 0.887. The lowest BCUT2D eigenvalue weighted by atomic mass is 9.72. The Labute approximate surface area is 462 Å². The van der Waals surface area contributed by atoms with Crippen molar-refractivity contribution in [3.8, 4) is 0 Å². The highest BCUT2D eigenvalue weighted by Crippen LogP contribution is 2.45. The Kier molecular flexibility index (Phi) is 22.7. The monoisotopic (exact) mass is 1150 g/mol. The van der Waals surface area contributed by atoms with Crippen LogP contribution in [0.4, 0.5) is 0 Å². The number of carbonyl (C=O) groups excluding carboxylic acids is 2. The average Bonchev–Trinajstić information content (AvgIpc) is 3.47. The van der Waals surface area contributed by atoms with Crippen molar-refractivity contribution >= 4 is 11.9 Å². The lowest BCUT2D eigenvalue weighted by Gasteiger charge is -2.50. The zero-order valence-corrected chi connectivity index (χ0v) is 45.1. The van der Waals surface area contributed by atoms with Crippen LogP contribution in [0.15, 0.2) is 24.3 Å². The normalized spacial score (nSPS) is 48.6. The van der Waals surface area contributed by atoms with E-state index in [2.05, 4.69) is 0 Å². The van der Waals surface area contributed by atoms with Gasteiger partial charge in [0.1, 0.15) is 79.9 Å². The van der Waals surface area contributed by atoms with Gasteiger partial charge in [-0.3, -0.25) is 0 Å². The van der Waals surface area contributed by atoms with E-state index in [1.54, 1.807) is 6.08 Å². The van der Waals surface area contributed by atoms with Crippen molar-refractivity contribution in [3.63, 3.8) is 0 Å². The van der Waals surface area contributed by atoms with Crippen LogP contribution in [0.5, 0.6) is 0 Å². The van der Waals surface area contributed by atoms with E-state index in [1.807, 2.05) is 0 Å². The predicted octanol–water partition coefficient (Wildman–Crippen LogP) is -5.03. The van der Waals surface area contributed by atoms with Gasteiger partial charge < -0.3 is 123 Å². The Morgan fingerprint density at radius 3 is 1.85 bits per heavy atom. The first kappa shape index (κ1) is 63.5. The summed E-state index contributed by atoms with van der Waals surface area (Å²) in [6.45, 7) is -1.93. The van der Waals surface area contributed by atoms with Crippen molar-refractivity contribution in [2.75, 3.05) is 41.2 Å². The molecule has 8 fully saturated rings. The van der Waals surface area contributed by atoms with Gasteiger partial charge in [0.15, 0.2) is 37.2 Å². The molecule has 14 unspecified atom stereocenters. The first-order chi connectivity index (χ1) is 38.2. The fourth-order valence-corrected chi connectivity index (χ4v) is 12.8. The van der Waals surface area contributed by atoms with Crippen LogP contribution in [-0.2, 0) is 61.7 Å². The molecule has 0 amide bonds. The number of methoxy groups -OCH3 is 3. The molecule has 14 N–H and O–H groups in total. The summed E-state index contributed by atoms with van der Waals surface area (Å²) in [6.07, 6.45) is -25.7. The van der Waals surface area contributed by atoms with Crippen molar-refractivity contribution in [2.45, 2.75) is 230 Å². The molecule has 0 aromatic carbocycles. The van der Waals surface area contributed by atoms with Crippen LogP contribution in [0.2, 0.25) is 0 Å². The third-order valence-corrected chi connectivity index (χ3v) is 17.6. The highest BCUT2D eigenvalue weighted by Gasteiger charge is 2.58. The Morgan fingerprint density at radius 2 is 1.16 bits per heavy atom. The van der Waals surface area contributed by atoms with E-state index < -0.39 is 203 Å². The second kappa shape index (κ2) is 28.6. The van der Waals surface area contributed by atoms with E-state index >= 15 is 0 Å². The molecular weight excluding hydrogens is 1070 g/mol. The second-order valence-corrected chi connectivity index (χ2v) is 22.8. The van der Waals surface area contributed by atoms with Crippen LogP contribution < -0.4 is 0 Å². The quantitative estimate of drug-likeness (QED) is 0.0347. The van der Waals surface area contributed by atoms with Crippen molar-refractivity contribution < 1.29 is 133 Å². The molecule has 27 heteroatoms. The molecule has 8 rings (SSSR count). The number of fused-ring (bicyclic) bond motifs is 1. The van der Waals surface area contributed by atoms with Crippen LogP contribution >= 0.6 is 0 Å². The summed E-state index contributed by atoms with van der Waals surface area (Å²) in [5, 5.41) is 142. The number of rotatable bonds is 18. The molecule has 8 aliphatic rings. The third kappa shape index (κ3) is 14.9. The first-order valence-corrected chi connectivity index (χ1v) is 27.9. The summed E-state index contributed by atoms with van der Waals surface area (Å²) < 4.78 is 70.1. The Balaban J connectivity index is 1.06. The zero-order chi connectivity index (χ0) is 57.7. The highest BCUT2D eigenvalue weighted by molar-refractivity contribution is 5.82. The maximum Gasteiger partial charge on any atom is 0.330 e. The lowest BCUT2D eigenvalue weighted by molar-refractivity contribution is -0.385. The van der Waals surface area contributed by atoms with Crippen LogP contribution in [0.1, 0.15) is 70.6 Å². The van der Waals surface area contributed by atoms with Crippen LogP contribution in [-0.4, -0.2) is 283 Å². The Hall–Kier alpha value is -2.50. The number of hydrogen-bond acceptors (Lipinski definition) is 26. The molecule has 0 aromatic rings. The van der Waals surface area contributed by atoms with E-state index in [0.29, 0.717) is 38.5 Å². The number of carbonyl (C=O) groups is 2. The molecular formula is C53H85O27+. The molecule has 0 radical (unpaired) electrons. The summed E-state index contributed by atoms with van der Waals surface area (Å²) >= 11 is 0. The van der Waals surface area contributed by atoms with Gasteiger partial charge in [-0.15, -0.1) is 0 Å². The molecule has 4 saturated carbocycles. The fourth-order valence-electron chi connectivity index (χ4n) is 12.8. The van der Waals surface area contributed by atoms with Crippen molar-refractivity contribution in [1.82, 2.24) is 0 Å². The predicted molar refractivity (Wildman–Crippen MR) is 267 cm³/mol. The number of allylic oxidation sites excluding steroid dienone is 2. The van der Waals surface area contributed by atoms with E-state index in [4.69, 9.17) is 56.8 Å². The van der Waals surface area contributed by atoms with Crippen molar-refractivity contribution in [3.05, 3.63) is 24.3 Å². The second-order valence-electron chi connectivity index (χ2n) is 22.8. The third-order valence-electron chi connectivity index (χ3n) is 17.6. The Bertz CT molecular complexity index is 2000. The van der Waals surface area contributed by atoms with Gasteiger partial charge in [0.25, 0.3) is 0 Å². The SMILES string of the molecule is COC1CC(C=CC(=O)OC[C@H]2O[C@@H](OC3CC4C(O[C@@H]5O[C@H](CO)[C@@H](O)[C@H](O)[C@H]5O)CC(O)CC4[OH+]C3C3CCC(O)C(O)C3)[C@H](O[C@@H]3OC[C@@H](O)[C@H](O)[C@H]3OC(=O)C=CC3CC(OC)C(O)C(OC)C3)[C@@H](O)[C@@H]2O)CCC1O. The molecule has 28 atom stereocenters. The highest BCUT2D eigenvalue weighted by atomic mass is 16.8. The summed E-state index contributed by atoms with van der Waals surface area (Å²) in [4.78, 5) is 26.8. The lowest BCUT2D eigenvalue weighted by Crippen LogP contribution is -2.66. The molecule has 0 aromatic heterocycles. The van der Waals surface area contributed by atoms with Gasteiger partial charge in [-0.2, -0.15) is 0 Å². The topological polar surface area (TPSA) is 411 Å². The first-order valence-electron chi connectivity index (χ1n) is 27.9. The van der Waals surface area contributed by atoms with Gasteiger partial charge in [-0.05, 0) is 69.6 Å². The van der Waals surface area contributed by atoms with Gasteiger partial charge in [0.05, 0.1) is 68.0 Å². The summed E-state index contributed by atoms with van der Waals surface area (Å²) in [5.74, 6) is -3.40. The number of esters is 2. The van der Waals surface area contributed by atoms with E-state index in [9.17, 15) is 76.0 Å². The van der Waals surface area contributed by atoms with Gasteiger partial charge in [0, 0.05) is 52.2 Å². The van der Waals surface area contributed by atoms with E-state index in [1.165, 1.54) is 33.5 Å². The largest absolute Gasteiger partial charge is 0.460 e. The average molecular weight is 1150 g/mol. The molecule has 0 spiro atoms. The Morgan fingerprint density at radius 1 is 0.525 bits per heavy atom. The van der Waals surface area contributed by atoms with Gasteiger partial charge in [-0.1, -0.05) is 12.2 Å². The maximum absolute atomic E-state index is 13.5. The van der Waals surface area contributed by atoms with Crippen LogP contribution in [0, 0.1) is 23.7 Å². The summed E-state index contributed by atoms with van der Waals surface area (Å²) in [6, 6.07) is 0. The number of ether oxygens (including phenoxy) is 12. The molecule has 0 bridgehead atoms. The number of aliphatic hydroxyl groups is 15. The molecule has 80 heavy (non-hydrogen) atoms. The van der Waals surface area contributed by atoms with Gasteiger partial charge in [0.2, 0.25) is 0 Å². The van der Waals surface area contributed by atoms with Crippen molar-refractivity contribution in [2.24, 2.45) is 23.7 Å². The molecule has 4 heterocycles. The maximum atomic E-state index is 13.5. The number of hydrogen-bond donors (Lipinski definition) is 13. The molecule has 27 nitrogen and oxygen atoms in total. The number of aliphatic hydroxyl groups excluding tert-OH is 13. The molecule has 4 saturated heterocycles. The van der Waals surface area contributed by atoms with Crippen LogP contribution in [0.3, 0.4) is 0 Å². The molecule has 4 aliphatic carbocycles. The standard InChI is InChI=1S/C53H84O27/c1-69-33-12-22(4-8-28(33)57)5-10-39(60)72-21-38-44(65)46(67)50(80-52-49(41(62)30(59)20-73-52)79-40(61)11-6-23-13-34(70-2)42(63)35(14-23)71-3)53(78-38)76-36-18-26-31(74-48(36)24-7-9-27(56)29(58)15-24)16-25(55)17-32(26)75-51-47(68)45(66)43(64)37(19-54)77-51/h5-6,10-11,22-38,41-59,62-68H,4,7-9,12-21H2,1-3H3/p+1/t22?,23?,24?,25?,26?,27?,28?,29?,30-,31?,32?,33?,34?,35?,36?,37-,38-,41+,42?,43-,44-,45+,46+,47-,48?,49-,50-,51-,52+,53-/m1/s1. The van der Waals surface area contributed by atoms with Crippen LogP contribution in [0.25, 0.3) is 0 Å². The minimum atomic E-state index is -1.98. The molecule has 458 valence electrons. The smallest absolute Gasteiger partial charge is 0.330 e. The summed E-state index contributed by atoms with van der Waals surface area (Å²) in [7, 11) is 4.36.